The Kier molecular flexibility index (Phi) is 6.83. The molecule has 0 spiro atoms. The highest BCUT2D eigenvalue weighted by molar-refractivity contribution is 7.89. The van der Waals surface area contributed by atoms with Gasteiger partial charge in [-0.2, -0.15) is 5.10 Å². The molecule has 0 saturated heterocycles. The summed E-state index contributed by atoms with van der Waals surface area (Å²) in [4.78, 5) is 12.7. The van der Waals surface area contributed by atoms with Crippen LogP contribution in [0.4, 0.5) is 0 Å². The molecule has 0 bridgehead atoms. The van der Waals surface area contributed by atoms with E-state index < -0.39 is 10.0 Å². The fourth-order valence-corrected chi connectivity index (χ4v) is 4.23. The first-order valence-corrected chi connectivity index (χ1v) is 11.6. The topological polar surface area (TPSA) is 93.1 Å². The molecule has 9 heteroatoms. The predicted molar refractivity (Wildman–Crippen MR) is 121 cm³/mol. The molecule has 164 valence electrons. The Bertz CT molecular complexity index is 1240. The second-order valence-corrected chi connectivity index (χ2v) is 9.60. The van der Waals surface area contributed by atoms with Crippen LogP contribution in [-0.4, -0.2) is 31.2 Å². The van der Waals surface area contributed by atoms with Crippen LogP contribution in [0.25, 0.3) is 5.69 Å². The van der Waals surface area contributed by atoms with Crippen molar-refractivity contribution in [3.05, 3.63) is 75.6 Å². The van der Waals surface area contributed by atoms with Crippen LogP contribution in [0.2, 0.25) is 5.02 Å². The number of amides is 1. The highest BCUT2D eigenvalue weighted by Gasteiger charge is 2.17. The molecule has 0 saturated carbocycles. The Morgan fingerprint density at radius 3 is 2.55 bits per heavy atom. The third kappa shape index (κ3) is 5.15. The van der Waals surface area contributed by atoms with Crippen LogP contribution in [0.5, 0.6) is 0 Å². The molecule has 3 rings (SSSR count). The number of sulfonamides is 1. The zero-order chi connectivity index (χ0) is 22.8. The number of aryl methyl sites for hydroxylation is 2. The Morgan fingerprint density at radius 2 is 1.87 bits per heavy atom. The van der Waals surface area contributed by atoms with Crippen LogP contribution in [0.3, 0.4) is 0 Å². The molecule has 1 heterocycles. The summed E-state index contributed by atoms with van der Waals surface area (Å²) < 4.78 is 28.0. The quantitative estimate of drug-likeness (QED) is 0.566. The van der Waals surface area contributed by atoms with E-state index in [1.54, 1.807) is 22.9 Å². The molecular weight excluding hydrogens is 436 g/mol. The van der Waals surface area contributed by atoms with Gasteiger partial charge in [0.25, 0.3) is 0 Å². The molecule has 0 fully saturated rings. The monoisotopic (exact) mass is 460 g/mol. The van der Waals surface area contributed by atoms with Gasteiger partial charge in [0.1, 0.15) is 0 Å². The van der Waals surface area contributed by atoms with Crippen molar-refractivity contribution in [1.29, 1.82) is 0 Å². The molecule has 31 heavy (non-hydrogen) atoms. The van der Waals surface area contributed by atoms with Gasteiger partial charge in [-0.25, -0.2) is 17.8 Å². The SMILES string of the molecule is CNS(=O)(=O)c1cccc(CNC(=O)Cc2c(C)nn(-c3ccc(C)c(Cl)c3)c2C)c1. The number of hydrogen-bond donors (Lipinski definition) is 2. The Morgan fingerprint density at radius 1 is 1.13 bits per heavy atom. The van der Waals surface area contributed by atoms with Gasteiger partial charge >= 0.3 is 0 Å². The largest absolute Gasteiger partial charge is 0.352 e. The fourth-order valence-electron chi connectivity index (χ4n) is 3.26. The standard InChI is InChI=1S/C22H25ClN4O3S/c1-14-8-9-18(11-21(14)23)27-16(3)20(15(2)26-27)12-22(28)25-13-17-6-5-7-19(10-17)31(29,30)24-4/h5-11,24H,12-13H2,1-4H3,(H,25,28). The van der Waals surface area contributed by atoms with Gasteiger partial charge in [0, 0.05) is 22.8 Å². The summed E-state index contributed by atoms with van der Waals surface area (Å²) in [5.41, 5.74) is 5.01. The van der Waals surface area contributed by atoms with Crippen LogP contribution in [0.15, 0.2) is 47.4 Å². The molecule has 2 aromatic carbocycles. The number of carbonyl (C=O) groups excluding carboxylic acids is 1. The van der Waals surface area contributed by atoms with Crippen LogP contribution < -0.4 is 10.0 Å². The number of nitrogens with zero attached hydrogens (tertiary/aromatic N) is 2. The normalized spacial score (nSPS) is 11.5. The van der Waals surface area contributed by atoms with Gasteiger partial charge < -0.3 is 5.32 Å². The maximum Gasteiger partial charge on any atom is 0.240 e. The summed E-state index contributed by atoms with van der Waals surface area (Å²) in [5.74, 6) is -0.172. The summed E-state index contributed by atoms with van der Waals surface area (Å²) in [6.45, 7) is 5.95. The first-order valence-electron chi connectivity index (χ1n) is 9.73. The number of aromatic nitrogens is 2. The molecule has 0 aliphatic rings. The third-order valence-electron chi connectivity index (χ3n) is 5.15. The average molecular weight is 461 g/mol. The smallest absolute Gasteiger partial charge is 0.240 e. The number of halogens is 1. The second kappa shape index (κ2) is 9.21. The minimum absolute atomic E-state index is 0.159. The number of benzene rings is 2. The Balaban J connectivity index is 1.72. The molecule has 2 N–H and O–H groups in total. The molecular formula is C22H25ClN4O3S. The van der Waals surface area contributed by atoms with Crippen molar-refractivity contribution >= 4 is 27.5 Å². The molecule has 3 aromatic rings. The number of carbonyl (C=O) groups is 1. The summed E-state index contributed by atoms with van der Waals surface area (Å²) in [6, 6.07) is 12.2. The summed E-state index contributed by atoms with van der Waals surface area (Å²) in [7, 11) is -2.17. The highest BCUT2D eigenvalue weighted by Crippen LogP contribution is 2.23. The van der Waals surface area contributed by atoms with Gasteiger partial charge in [0.15, 0.2) is 0 Å². The van der Waals surface area contributed by atoms with Crippen molar-refractivity contribution in [2.45, 2.75) is 38.6 Å². The summed E-state index contributed by atoms with van der Waals surface area (Å²) in [5, 5.41) is 8.09. The van der Waals surface area contributed by atoms with E-state index in [4.69, 9.17) is 11.6 Å². The molecule has 0 aliphatic heterocycles. The zero-order valence-corrected chi connectivity index (χ0v) is 19.4. The van der Waals surface area contributed by atoms with E-state index in [9.17, 15) is 13.2 Å². The van der Waals surface area contributed by atoms with E-state index in [-0.39, 0.29) is 23.8 Å². The minimum Gasteiger partial charge on any atom is -0.352 e. The van der Waals surface area contributed by atoms with Gasteiger partial charge in [0.2, 0.25) is 15.9 Å². The van der Waals surface area contributed by atoms with E-state index in [0.717, 1.165) is 28.2 Å². The van der Waals surface area contributed by atoms with Crippen LogP contribution >= 0.6 is 11.6 Å². The van der Waals surface area contributed by atoms with E-state index in [1.165, 1.54) is 13.1 Å². The molecule has 0 unspecified atom stereocenters. The first kappa shape index (κ1) is 23.0. The van der Waals surface area contributed by atoms with Gasteiger partial charge in [-0.15, -0.1) is 0 Å². The van der Waals surface area contributed by atoms with Crippen molar-refractivity contribution < 1.29 is 13.2 Å². The summed E-state index contributed by atoms with van der Waals surface area (Å²) >= 11 is 6.25. The number of rotatable bonds is 7. The Labute approximate surface area is 187 Å². The maximum atomic E-state index is 12.6. The molecule has 7 nitrogen and oxygen atoms in total. The van der Waals surface area contributed by atoms with Crippen LogP contribution in [0.1, 0.15) is 28.1 Å². The molecule has 0 atom stereocenters. The first-order chi connectivity index (χ1) is 14.6. The van der Waals surface area contributed by atoms with Gasteiger partial charge in [-0.1, -0.05) is 29.8 Å². The lowest BCUT2D eigenvalue weighted by Gasteiger charge is -2.09. The van der Waals surface area contributed by atoms with Crippen molar-refractivity contribution in [3.8, 4) is 5.69 Å². The predicted octanol–water partition coefficient (Wildman–Crippen LogP) is 3.22. The number of nitrogens with one attached hydrogen (secondary N) is 2. The summed E-state index contributed by atoms with van der Waals surface area (Å²) in [6.07, 6.45) is 0.172. The molecule has 0 aliphatic carbocycles. The van der Waals surface area contributed by atoms with Crippen molar-refractivity contribution in [2.24, 2.45) is 0 Å². The fraction of sp³-hybridized carbons (Fsp3) is 0.273. The minimum atomic E-state index is -3.53. The number of hydrogen-bond acceptors (Lipinski definition) is 4. The van der Waals surface area contributed by atoms with Crippen molar-refractivity contribution in [3.63, 3.8) is 0 Å². The average Bonchev–Trinajstić information content (AvgIpc) is 3.02. The molecule has 1 amide bonds. The molecule has 1 aromatic heterocycles. The van der Waals surface area contributed by atoms with Gasteiger partial charge in [0.05, 0.1) is 22.7 Å². The van der Waals surface area contributed by atoms with Crippen molar-refractivity contribution in [2.75, 3.05) is 7.05 Å². The third-order valence-corrected chi connectivity index (χ3v) is 6.96. The maximum absolute atomic E-state index is 12.6. The lowest BCUT2D eigenvalue weighted by molar-refractivity contribution is -0.120. The van der Waals surface area contributed by atoms with Gasteiger partial charge in [-0.05, 0) is 63.2 Å². The highest BCUT2D eigenvalue weighted by atomic mass is 35.5. The lowest BCUT2D eigenvalue weighted by atomic mass is 10.1. The Hall–Kier alpha value is -2.68. The van der Waals surface area contributed by atoms with E-state index in [2.05, 4.69) is 15.1 Å². The zero-order valence-electron chi connectivity index (χ0n) is 17.9. The van der Waals surface area contributed by atoms with Crippen LogP contribution in [-0.2, 0) is 27.8 Å². The van der Waals surface area contributed by atoms with Crippen LogP contribution in [0, 0.1) is 20.8 Å². The van der Waals surface area contributed by atoms with Crippen molar-refractivity contribution in [1.82, 2.24) is 19.8 Å². The van der Waals surface area contributed by atoms with Gasteiger partial charge in [-0.3, -0.25) is 4.79 Å². The second-order valence-electron chi connectivity index (χ2n) is 7.30. The van der Waals surface area contributed by atoms with E-state index in [0.29, 0.717) is 10.6 Å². The molecule has 0 radical (unpaired) electrons. The van der Waals surface area contributed by atoms with E-state index >= 15 is 0 Å². The lowest BCUT2D eigenvalue weighted by Crippen LogP contribution is -2.25. The van der Waals surface area contributed by atoms with E-state index in [1.807, 2.05) is 39.0 Å².